The zero-order valence-corrected chi connectivity index (χ0v) is 35.9. The molecule has 0 aliphatic carbocycles. The molecule has 0 aromatic heterocycles. The van der Waals surface area contributed by atoms with Crippen LogP contribution in [0.4, 0.5) is 26.3 Å². The quantitative estimate of drug-likeness (QED) is 0.0588. The lowest BCUT2D eigenvalue weighted by molar-refractivity contribution is -0.0505. The van der Waals surface area contributed by atoms with Gasteiger partial charge in [0, 0.05) is 10.8 Å². The van der Waals surface area contributed by atoms with Crippen LogP contribution in [-0.2, 0) is 33.1 Å². The van der Waals surface area contributed by atoms with Crippen LogP contribution in [0.2, 0.25) is 0 Å². The van der Waals surface area contributed by atoms with E-state index in [9.17, 15) is 43.2 Å². The van der Waals surface area contributed by atoms with Crippen molar-refractivity contribution in [3.8, 4) is 11.5 Å². The van der Waals surface area contributed by atoms with Crippen molar-refractivity contribution in [1.82, 2.24) is 0 Å². The van der Waals surface area contributed by atoms with E-state index < -0.39 is 42.8 Å². The minimum absolute atomic E-state index is 0.114. The van der Waals surface area contributed by atoms with E-state index in [2.05, 4.69) is 63.7 Å². The molecule has 288 valence electrons. The molecule has 0 heterocycles. The number of hydrogen-bond acceptors (Lipinski definition) is 6. The normalized spacial score (nSPS) is 13.2. The third kappa shape index (κ3) is 7.20. The van der Waals surface area contributed by atoms with Gasteiger partial charge in [0.15, 0.2) is 11.5 Å². The second-order valence-electron chi connectivity index (χ2n) is 12.5. The number of halogens is 10. The van der Waals surface area contributed by atoms with Crippen LogP contribution in [0.1, 0.15) is 50.7 Å². The van der Waals surface area contributed by atoms with Crippen LogP contribution in [0.15, 0.2) is 66.4 Å². The topological polar surface area (TPSA) is 86.7 Å². The van der Waals surface area contributed by atoms with Gasteiger partial charge < -0.3 is 8.37 Å². The molecule has 0 aliphatic heterocycles. The Bertz CT molecular complexity index is 2570. The van der Waals surface area contributed by atoms with E-state index in [4.69, 9.17) is 8.37 Å². The van der Waals surface area contributed by atoms with Gasteiger partial charge in [0.2, 0.25) is 0 Å². The Morgan fingerprint density at radius 1 is 0.519 bits per heavy atom. The number of fused-ring (bicyclic) bond motifs is 11. The Kier molecular flexibility index (Phi) is 11.3. The van der Waals surface area contributed by atoms with Crippen LogP contribution in [0.5, 0.6) is 11.5 Å². The van der Waals surface area contributed by atoms with Gasteiger partial charge in [-0.15, -0.1) is 0 Å². The molecular formula is C36H26Br4F6O6S2. The Balaban J connectivity index is 1.88. The summed E-state index contributed by atoms with van der Waals surface area (Å²) in [5, 5.41) is 4.91. The van der Waals surface area contributed by atoms with Crippen LogP contribution in [0, 0.1) is 0 Å². The molecule has 54 heavy (non-hydrogen) atoms. The zero-order chi connectivity index (χ0) is 39.7. The Hall–Kier alpha value is -2.38. The van der Waals surface area contributed by atoms with E-state index >= 15 is 0 Å². The van der Waals surface area contributed by atoms with Crippen molar-refractivity contribution in [1.29, 1.82) is 0 Å². The summed E-state index contributed by atoms with van der Waals surface area (Å²) >= 11 is 13.2. The predicted molar refractivity (Wildman–Crippen MR) is 213 cm³/mol. The van der Waals surface area contributed by atoms with Crippen molar-refractivity contribution >= 4 is 138 Å². The summed E-state index contributed by atoms with van der Waals surface area (Å²) in [6, 6.07) is 14.2. The molecule has 18 heteroatoms. The molecule has 0 N–H and O–H groups in total. The van der Waals surface area contributed by atoms with Crippen molar-refractivity contribution in [2.75, 3.05) is 0 Å². The van der Waals surface area contributed by atoms with Gasteiger partial charge >= 0.3 is 31.3 Å². The average Bonchev–Trinajstić information content (AvgIpc) is 3.08. The maximum absolute atomic E-state index is 13.6. The number of benzene rings is 6. The number of aryl methyl sites for hydroxylation is 2. The molecular weight excluding hydrogens is 1030 g/mol. The Labute approximate surface area is 339 Å². The summed E-state index contributed by atoms with van der Waals surface area (Å²) in [5.74, 6) is -1.30. The van der Waals surface area contributed by atoms with E-state index in [0.717, 1.165) is 36.8 Å². The first-order chi connectivity index (χ1) is 25.1. The van der Waals surface area contributed by atoms with Crippen LogP contribution < -0.4 is 8.37 Å². The van der Waals surface area contributed by atoms with Gasteiger partial charge in [-0.1, -0.05) is 63.1 Å². The lowest BCUT2D eigenvalue weighted by Gasteiger charge is -2.22. The maximum Gasteiger partial charge on any atom is 0.534 e. The highest BCUT2D eigenvalue weighted by Crippen LogP contribution is 2.53. The molecule has 6 aromatic carbocycles. The molecule has 0 atom stereocenters. The Morgan fingerprint density at radius 3 is 1.20 bits per heavy atom. The predicted octanol–water partition coefficient (Wildman–Crippen LogP) is 13.6. The first kappa shape index (κ1) is 41.3. The highest BCUT2D eigenvalue weighted by Gasteiger charge is 2.50. The first-order valence-corrected chi connectivity index (χ1v) is 22.2. The third-order valence-electron chi connectivity index (χ3n) is 8.98. The minimum atomic E-state index is -6.11. The lowest BCUT2D eigenvalue weighted by Crippen LogP contribution is -2.28. The molecule has 0 spiro atoms. The monoisotopic (exact) mass is 1050 g/mol. The van der Waals surface area contributed by atoms with Crippen LogP contribution in [-0.4, -0.2) is 27.9 Å². The largest absolute Gasteiger partial charge is 0.534 e. The van der Waals surface area contributed by atoms with Gasteiger partial charge in [-0.25, -0.2) is 0 Å². The zero-order valence-electron chi connectivity index (χ0n) is 27.9. The van der Waals surface area contributed by atoms with E-state index in [0.29, 0.717) is 66.7 Å². The molecule has 0 saturated carbocycles. The number of rotatable bonds is 10. The van der Waals surface area contributed by atoms with Gasteiger partial charge in [0.1, 0.15) is 0 Å². The van der Waals surface area contributed by atoms with E-state index in [1.54, 1.807) is 0 Å². The summed E-state index contributed by atoms with van der Waals surface area (Å²) in [4.78, 5) is 0. The molecule has 0 aliphatic rings. The second kappa shape index (κ2) is 14.8. The highest BCUT2D eigenvalue weighted by atomic mass is 79.9. The minimum Gasteiger partial charge on any atom is -0.374 e. The van der Waals surface area contributed by atoms with Crippen LogP contribution in [0.25, 0.3) is 53.9 Å². The summed E-state index contributed by atoms with van der Waals surface area (Å²) in [5.41, 5.74) is -9.64. The van der Waals surface area contributed by atoms with Crippen molar-refractivity contribution < 1.29 is 51.5 Å². The molecule has 0 radical (unpaired) electrons. The van der Waals surface area contributed by atoms with E-state index in [1.807, 2.05) is 50.2 Å². The van der Waals surface area contributed by atoms with Crippen LogP contribution >= 0.6 is 63.7 Å². The summed E-state index contributed by atoms with van der Waals surface area (Å²) < 4.78 is 139. The van der Waals surface area contributed by atoms with Gasteiger partial charge in [-0.2, -0.15) is 43.2 Å². The molecule has 6 aromatic rings. The number of alkyl halides is 6. The highest BCUT2D eigenvalue weighted by molar-refractivity contribution is 9.11. The van der Waals surface area contributed by atoms with E-state index in [1.165, 1.54) is 12.1 Å². The molecule has 0 amide bonds. The standard InChI is InChI=1S/C36H26Br4F6O6S2/c1-3-5-7-17-9-11-19-21(13-17)29-23(15-25(37)33(31(29)39)51-53(47,48)35(41,42)43)28-24-16-26(38)34(52-54(49,50)36(44,45)46)32(40)30(24)22-14-18(8-6-4-2)10-12-20(22)27(19)28/h9-16H,3-8H2,1-2H3. The van der Waals surface area contributed by atoms with Gasteiger partial charge in [-0.05, 0) is 156 Å². The van der Waals surface area contributed by atoms with Crippen molar-refractivity contribution in [3.05, 3.63) is 77.5 Å². The second-order valence-corrected chi connectivity index (χ2v) is 18.9. The fraction of sp³-hybridized carbons (Fsp3) is 0.278. The average molecular weight is 1050 g/mol. The molecule has 0 saturated heterocycles. The lowest BCUT2D eigenvalue weighted by atomic mass is 9.85. The molecule has 0 bridgehead atoms. The Morgan fingerprint density at radius 2 is 0.870 bits per heavy atom. The number of unbranched alkanes of at least 4 members (excludes halogenated alkanes) is 2. The van der Waals surface area contributed by atoms with Crippen molar-refractivity contribution in [2.24, 2.45) is 0 Å². The summed E-state index contributed by atoms with van der Waals surface area (Å²) in [7, 11) is -12.2. The SMILES string of the molecule is CCCCc1ccc2c(c1)c1c(Br)c(OS(=O)(=O)C(F)(F)F)c(Br)cc1c1c3cc(Br)c(OS(=O)(=O)C(F)(F)F)c(Br)c3c3cc(CCCC)ccc3c21. The molecule has 6 nitrogen and oxygen atoms in total. The van der Waals surface area contributed by atoms with E-state index in [-0.39, 0.29) is 17.9 Å². The molecule has 0 fully saturated rings. The van der Waals surface area contributed by atoms with Gasteiger partial charge in [0.25, 0.3) is 0 Å². The van der Waals surface area contributed by atoms with Gasteiger partial charge in [0.05, 0.1) is 17.9 Å². The smallest absolute Gasteiger partial charge is 0.374 e. The van der Waals surface area contributed by atoms with Crippen LogP contribution in [0.3, 0.4) is 0 Å². The molecule has 6 rings (SSSR count). The fourth-order valence-corrected chi connectivity index (χ4v) is 10.9. The van der Waals surface area contributed by atoms with Crippen molar-refractivity contribution in [2.45, 2.75) is 63.4 Å². The number of hydrogen-bond donors (Lipinski definition) is 0. The maximum atomic E-state index is 13.6. The summed E-state index contributed by atoms with van der Waals surface area (Å²) in [6.07, 6.45) is 4.80. The fourth-order valence-electron chi connectivity index (χ4n) is 6.52. The van der Waals surface area contributed by atoms with Gasteiger partial charge in [-0.3, -0.25) is 0 Å². The third-order valence-corrected chi connectivity index (χ3v) is 13.6. The first-order valence-electron chi connectivity index (χ1n) is 16.2. The molecule has 0 unspecified atom stereocenters. The van der Waals surface area contributed by atoms with Crippen molar-refractivity contribution in [3.63, 3.8) is 0 Å². The summed E-state index contributed by atoms with van der Waals surface area (Å²) in [6.45, 7) is 4.06.